The van der Waals surface area contributed by atoms with Gasteiger partial charge in [0.15, 0.2) is 0 Å². The van der Waals surface area contributed by atoms with Crippen molar-refractivity contribution in [3.8, 4) is 0 Å². The van der Waals surface area contributed by atoms with Crippen molar-refractivity contribution in [3.63, 3.8) is 0 Å². The molecular formula is C19H21N3O4S. The van der Waals surface area contributed by atoms with E-state index in [9.17, 15) is 18.5 Å². The first-order valence-electron chi connectivity index (χ1n) is 8.77. The molecule has 8 heteroatoms. The van der Waals surface area contributed by atoms with Crippen molar-refractivity contribution in [1.82, 2.24) is 4.31 Å². The normalized spacial score (nSPS) is 15.9. The van der Waals surface area contributed by atoms with Crippen LogP contribution in [-0.4, -0.2) is 37.0 Å². The fourth-order valence-corrected chi connectivity index (χ4v) is 4.78. The molecular weight excluding hydrogens is 366 g/mol. The van der Waals surface area contributed by atoms with Gasteiger partial charge in [-0.1, -0.05) is 12.5 Å². The fourth-order valence-electron chi connectivity index (χ4n) is 3.02. The van der Waals surface area contributed by atoms with Gasteiger partial charge in [-0.2, -0.15) is 4.31 Å². The summed E-state index contributed by atoms with van der Waals surface area (Å²) in [6, 6.07) is 11.1. The van der Waals surface area contributed by atoms with Gasteiger partial charge in [0, 0.05) is 31.4 Å². The number of piperidine rings is 1. The fraction of sp³-hybridized carbons (Fsp3) is 0.316. The maximum atomic E-state index is 12.9. The molecule has 0 radical (unpaired) electrons. The highest BCUT2D eigenvalue weighted by Crippen LogP contribution is 2.27. The smallest absolute Gasteiger partial charge is 0.258 e. The molecule has 0 N–H and O–H groups in total. The summed E-state index contributed by atoms with van der Waals surface area (Å²) in [6.07, 6.45) is 4.39. The van der Waals surface area contributed by atoms with Gasteiger partial charge in [-0.25, -0.2) is 8.42 Å². The Balaban J connectivity index is 1.85. The minimum absolute atomic E-state index is 0.0115. The highest BCUT2D eigenvalue weighted by Gasteiger charge is 2.27. The number of aliphatic imine (C=N–C) groups is 1. The Morgan fingerprint density at radius 2 is 1.74 bits per heavy atom. The number of nitrogens with zero attached hydrogens (tertiary/aromatic N) is 3. The highest BCUT2D eigenvalue weighted by atomic mass is 32.2. The van der Waals surface area contributed by atoms with E-state index in [0.29, 0.717) is 29.9 Å². The third kappa shape index (κ3) is 4.40. The third-order valence-corrected chi connectivity index (χ3v) is 6.61. The summed E-state index contributed by atoms with van der Waals surface area (Å²) in [7, 11) is -3.53. The molecule has 0 amide bonds. The summed E-state index contributed by atoms with van der Waals surface area (Å²) < 4.78 is 27.4. The maximum absolute atomic E-state index is 12.9. The second-order valence-electron chi connectivity index (χ2n) is 6.52. The quantitative estimate of drug-likeness (QED) is 0.443. The predicted molar refractivity (Wildman–Crippen MR) is 104 cm³/mol. The van der Waals surface area contributed by atoms with E-state index in [2.05, 4.69) is 4.99 Å². The van der Waals surface area contributed by atoms with E-state index in [4.69, 9.17) is 0 Å². The molecule has 2 aromatic rings. The predicted octanol–water partition coefficient (Wildman–Crippen LogP) is 3.83. The number of hydrogen-bond acceptors (Lipinski definition) is 5. The van der Waals surface area contributed by atoms with E-state index in [1.54, 1.807) is 47.8 Å². The summed E-state index contributed by atoms with van der Waals surface area (Å²) >= 11 is 0. The van der Waals surface area contributed by atoms with E-state index < -0.39 is 14.9 Å². The van der Waals surface area contributed by atoms with Crippen molar-refractivity contribution in [1.29, 1.82) is 0 Å². The minimum Gasteiger partial charge on any atom is -0.258 e. The first kappa shape index (κ1) is 19.2. The van der Waals surface area contributed by atoms with Crippen LogP contribution in [0.5, 0.6) is 0 Å². The number of hydrogen-bond donors (Lipinski definition) is 0. The topological polar surface area (TPSA) is 92.9 Å². The van der Waals surface area contributed by atoms with Crippen molar-refractivity contribution in [2.24, 2.45) is 4.99 Å². The van der Waals surface area contributed by atoms with E-state index in [1.165, 1.54) is 12.1 Å². The molecule has 0 saturated carbocycles. The molecule has 27 heavy (non-hydrogen) atoms. The Morgan fingerprint density at radius 1 is 1.07 bits per heavy atom. The van der Waals surface area contributed by atoms with E-state index in [-0.39, 0.29) is 10.6 Å². The van der Waals surface area contributed by atoms with Gasteiger partial charge in [-0.05, 0) is 55.2 Å². The van der Waals surface area contributed by atoms with Crippen LogP contribution in [0.2, 0.25) is 0 Å². The standard InChI is InChI=1S/C19H21N3O4S/c1-15-5-8-17(20-14-16-6-9-18(10-7-16)22(23)24)13-19(15)27(25,26)21-11-3-2-4-12-21/h5-10,13-14H,2-4,11-12H2,1H3. The molecule has 1 saturated heterocycles. The van der Waals surface area contributed by atoms with Crippen LogP contribution in [0.3, 0.4) is 0 Å². The Hall–Kier alpha value is -2.58. The first-order valence-corrected chi connectivity index (χ1v) is 10.2. The van der Waals surface area contributed by atoms with Crippen LogP contribution in [0, 0.1) is 17.0 Å². The number of nitro groups is 1. The molecule has 1 heterocycles. The van der Waals surface area contributed by atoms with Crippen LogP contribution in [0.15, 0.2) is 52.4 Å². The Morgan fingerprint density at radius 3 is 2.37 bits per heavy atom. The minimum atomic E-state index is -3.53. The first-order chi connectivity index (χ1) is 12.9. The summed E-state index contributed by atoms with van der Waals surface area (Å²) in [6.45, 7) is 2.89. The van der Waals surface area contributed by atoms with Crippen LogP contribution in [-0.2, 0) is 10.0 Å². The van der Waals surface area contributed by atoms with Crippen LogP contribution < -0.4 is 0 Å². The Labute approximate surface area is 158 Å². The molecule has 1 aliphatic rings. The SMILES string of the molecule is Cc1ccc(N=Cc2ccc([N+](=O)[O-])cc2)cc1S(=O)(=O)N1CCCCC1. The monoisotopic (exact) mass is 387 g/mol. The second kappa shape index (κ2) is 7.98. The molecule has 0 unspecified atom stereocenters. The largest absolute Gasteiger partial charge is 0.269 e. The van der Waals surface area contributed by atoms with Gasteiger partial charge in [-0.15, -0.1) is 0 Å². The summed E-state index contributed by atoms with van der Waals surface area (Å²) in [5.74, 6) is 0. The zero-order valence-electron chi connectivity index (χ0n) is 15.0. The molecule has 0 aromatic heterocycles. The van der Waals surface area contributed by atoms with Gasteiger partial charge in [0.25, 0.3) is 5.69 Å². The van der Waals surface area contributed by atoms with E-state index in [0.717, 1.165) is 19.3 Å². The maximum Gasteiger partial charge on any atom is 0.269 e. The van der Waals surface area contributed by atoms with E-state index >= 15 is 0 Å². The van der Waals surface area contributed by atoms with Crippen molar-refractivity contribution >= 4 is 27.6 Å². The average molecular weight is 387 g/mol. The van der Waals surface area contributed by atoms with Crippen molar-refractivity contribution < 1.29 is 13.3 Å². The third-order valence-electron chi connectivity index (χ3n) is 4.57. The lowest BCUT2D eigenvalue weighted by atomic mass is 10.2. The molecule has 0 aliphatic carbocycles. The van der Waals surface area contributed by atoms with Gasteiger partial charge in [0.1, 0.15) is 0 Å². The van der Waals surface area contributed by atoms with Gasteiger partial charge >= 0.3 is 0 Å². The van der Waals surface area contributed by atoms with Gasteiger partial charge in [-0.3, -0.25) is 15.1 Å². The Bertz CT molecular complexity index is 963. The molecule has 0 atom stereocenters. The number of sulfonamides is 1. The van der Waals surface area contributed by atoms with Gasteiger partial charge < -0.3 is 0 Å². The molecule has 2 aromatic carbocycles. The van der Waals surface area contributed by atoms with Gasteiger partial charge in [0.05, 0.1) is 15.5 Å². The average Bonchev–Trinajstić information content (AvgIpc) is 2.68. The van der Waals surface area contributed by atoms with Crippen LogP contribution in [0.4, 0.5) is 11.4 Å². The summed E-state index contributed by atoms with van der Waals surface area (Å²) in [5, 5.41) is 10.7. The van der Waals surface area contributed by atoms with Gasteiger partial charge in [0.2, 0.25) is 10.0 Å². The number of non-ortho nitro benzene ring substituents is 1. The molecule has 142 valence electrons. The van der Waals surface area contributed by atoms with Crippen LogP contribution in [0.25, 0.3) is 0 Å². The molecule has 3 rings (SSSR count). The number of rotatable bonds is 5. The van der Waals surface area contributed by atoms with Crippen molar-refractivity contribution in [2.75, 3.05) is 13.1 Å². The van der Waals surface area contributed by atoms with Crippen molar-refractivity contribution in [2.45, 2.75) is 31.1 Å². The number of aryl methyl sites for hydroxylation is 1. The molecule has 1 fully saturated rings. The number of nitro benzene ring substituents is 1. The van der Waals surface area contributed by atoms with Crippen molar-refractivity contribution in [3.05, 3.63) is 63.7 Å². The lowest BCUT2D eigenvalue weighted by Crippen LogP contribution is -2.35. The molecule has 0 bridgehead atoms. The lowest BCUT2D eigenvalue weighted by molar-refractivity contribution is -0.384. The highest BCUT2D eigenvalue weighted by molar-refractivity contribution is 7.89. The van der Waals surface area contributed by atoms with Crippen LogP contribution in [0.1, 0.15) is 30.4 Å². The summed E-state index contributed by atoms with van der Waals surface area (Å²) in [4.78, 5) is 14.9. The zero-order chi connectivity index (χ0) is 19.4. The molecule has 1 aliphatic heterocycles. The molecule has 0 spiro atoms. The lowest BCUT2D eigenvalue weighted by Gasteiger charge is -2.26. The molecule has 7 nitrogen and oxygen atoms in total. The zero-order valence-corrected chi connectivity index (χ0v) is 15.9. The Kier molecular flexibility index (Phi) is 5.67. The van der Waals surface area contributed by atoms with Crippen LogP contribution >= 0.6 is 0 Å². The number of benzene rings is 2. The second-order valence-corrected chi connectivity index (χ2v) is 8.43. The van der Waals surface area contributed by atoms with E-state index in [1.807, 2.05) is 0 Å². The summed E-state index contributed by atoms with van der Waals surface area (Å²) in [5.41, 5.74) is 1.92.